The van der Waals surface area contributed by atoms with E-state index in [0.29, 0.717) is 22.4 Å². The predicted octanol–water partition coefficient (Wildman–Crippen LogP) is 4.51. The van der Waals surface area contributed by atoms with Crippen LogP contribution in [0, 0.1) is 23.7 Å². The van der Waals surface area contributed by atoms with Gasteiger partial charge in [-0.3, -0.25) is 28.9 Å². The smallest absolute Gasteiger partial charge is 0.421 e. The summed E-state index contributed by atoms with van der Waals surface area (Å²) in [6.45, 7) is 3.29. The molecule has 16 nitrogen and oxygen atoms in total. The van der Waals surface area contributed by atoms with Crippen LogP contribution in [-0.2, 0) is 53.1 Å². The van der Waals surface area contributed by atoms with Crippen LogP contribution in [0.2, 0.25) is 0 Å². The highest BCUT2D eigenvalue weighted by molar-refractivity contribution is 6.23. The van der Waals surface area contributed by atoms with Crippen molar-refractivity contribution in [2.75, 3.05) is 59.2 Å². The number of esters is 3. The molecule has 4 aromatic carbocycles. The number of imide groups is 1. The van der Waals surface area contributed by atoms with Gasteiger partial charge in [0, 0.05) is 25.6 Å². The molecule has 6 unspecified atom stereocenters. The number of hydrogen-bond acceptors (Lipinski definition) is 14. The zero-order chi connectivity index (χ0) is 47.0. The maximum atomic E-state index is 16.1. The van der Waals surface area contributed by atoms with Gasteiger partial charge in [-0.25, -0.2) is 9.69 Å². The molecule has 2 N–H and O–H groups in total. The van der Waals surface area contributed by atoms with Crippen LogP contribution in [0.3, 0.4) is 0 Å². The first-order valence-corrected chi connectivity index (χ1v) is 21.2. The van der Waals surface area contributed by atoms with Crippen molar-refractivity contribution in [2.24, 2.45) is 11.8 Å². The summed E-state index contributed by atoms with van der Waals surface area (Å²) in [5, 5.41) is 12.4. The second-order valence-electron chi connectivity index (χ2n) is 15.5. The third-order valence-electron chi connectivity index (χ3n) is 11.9. The van der Waals surface area contributed by atoms with Crippen LogP contribution in [0.5, 0.6) is 5.75 Å². The number of nitrogens with one attached hydrogen (secondary N) is 1. The number of methoxy groups -OCH3 is 3. The van der Waals surface area contributed by atoms with E-state index < -0.39 is 77.3 Å². The van der Waals surface area contributed by atoms with Gasteiger partial charge in [0.1, 0.15) is 36.5 Å². The second-order valence-corrected chi connectivity index (χ2v) is 15.5. The lowest BCUT2D eigenvalue weighted by atomic mass is 9.65. The zero-order valence-corrected chi connectivity index (χ0v) is 36.5. The van der Waals surface area contributed by atoms with E-state index in [-0.39, 0.29) is 56.2 Å². The molecule has 0 aromatic heterocycles. The summed E-state index contributed by atoms with van der Waals surface area (Å²) in [4.78, 5) is 88.6. The Balaban J connectivity index is 1.55. The quantitative estimate of drug-likeness (QED) is 0.0422. The van der Waals surface area contributed by atoms with Crippen molar-refractivity contribution in [2.45, 2.75) is 36.1 Å². The number of fused-ring (bicyclic) bond motifs is 3. The van der Waals surface area contributed by atoms with Gasteiger partial charge in [0.25, 0.3) is 0 Å². The topological polar surface area (TPSA) is 197 Å². The minimum Gasteiger partial charge on any atom is -0.491 e. The van der Waals surface area contributed by atoms with Gasteiger partial charge in [0.2, 0.25) is 11.8 Å². The molecule has 3 aliphatic heterocycles. The minimum atomic E-state index is -2.12. The van der Waals surface area contributed by atoms with Crippen molar-refractivity contribution in [1.82, 2.24) is 10.2 Å². The number of cyclic esters (lactones) is 1. The van der Waals surface area contributed by atoms with Crippen molar-refractivity contribution in [3.63, 3.8) is 0 Å². The molecule has 3 amide bonds. The summed E-state index contributed by atoms with van der Waals surface area (Å²) in [6, 6.07) is 26.3. The number of benzene rings is 4. The Morgan fingerprint density at radius 2 is 1.52 bits per heavy atom. The van der Waals surface area contributed by atoms with Gasteiger partial charge in [-0.2, -0.15) is 0 Å². The summed E-state index contributed by atoms with van der Waals surface area (Å²) in [7, 11) is 3.70. The van der Waals surface area contributed by atoms with E-state index in [2.05, 4.69) is 23.7 Å². The maximum absolute atomic E-state index is 16.1. The van der Waals surface area contributed by atoms with E-state index in [0.717, 1.165) is 19.1 Å². The molecule has 7 rings (SSSR count). The van der Waals surface area contributed by atoms with Crippen molar-refractivity contribution in [3.05, 3.63) is 144 Å². The van der Waals surface area contributed by atoms with Crippen LogP contribution >= 0.6 is 0 Å². The van der Waals surface area contributed by atoms with Crippen LogP contribution < -0.4 is 15.0 Å². The third kappa shape index (κ3) is 8.63. The predicted molar refractivity (Wildman–Crippen MR) is 236 cm³/mol. The molecular formula is C50H49N3O13. The van der Waals surface area contributed by atoms with Crippen molar-refractivity contribution < 1.29 is 62.3 Å². The number of morpholine rings is 1. The number of anilines is 1. The summed E-state index contributed by atoms with van der Waals surface area (Å²) < 4.78 is 32.6. The number of hydrogen-bond donors (Lipinski definition) is 2. The first-order chi connectivity index (χ1) is 32.1. The minimum absolute atomic E-state index is 0.00294. The van der Waals surface area contributed by atoms with Gasteiger partial charge >= 0.3 is 24.0 Å². The number of ether oxygens (including phenoxy) is 6. The first-order valence-electron chi connectivity index (χ1n) is 21.2. The van der Waals surface area contributed by atoms with Crippen LogP contribution in [-0.4, -0.2) is 106 Å². The molecule has 4 aromatic rings. The Morgan fingerprint density at radius 3 is 2.14 bits per heavy atom. The molecule has 0 radical (unpaired) electrons. The Morgan fingerprint density at radius 1 is 0.848 bits per heavy atom. The number of nitrogens with zero attached hydrogens (tertiary/aromatic N) is 2. The molecular weight excluding hydrogens is 851 g/mol. The molecule has 2 fully saturated rings. The normalized spacial score (nSPS) is 21.8. The fourth-order valence-corrected chi connectivity index (χ4v) is 9.24. The number of carbonyl (C=O) groups excluding carboxylic acids is 6. The average molecular weight is 900 g/mol. The summed E-state index contributed by atoms with van der Waals surface area (Å²) in [5.41, 5.74) is 0.191. The number of rotatable bonds is 15. The van der Waals surface area contributed by atoms with Gasteiger partial charge < -0.3 is 38.8 Å². The number of amides is 3. The number of aliphatic hydroxyl groups excluding tert-OH is 1. The van der Waals surface area contributed by atoms with E-state index in [1.807, 2.05) is 65.6 Å². The lowest BCUT2D eigenvalue weighted by Crippen LogP contribution is -2.55. The fraction of sp³-hybridized carbons (Fsp3) is 0.320. The van der Waals surface area contributed by atoms with E-state index in [1.54, 1.807) is 36.4 Å². The molecule has 3 heterocycles. The molecule has 0 saturated carbocycles. The van der Waals surface area contributed by atoms with Gasteiger partial charge in [-0.15, -0.1) is 6.58 Å². The first kappa shape index (κ1) is 46.7. The monoisotopic (exact) mass is 899 g/mol. The molecule has 2 saturated heterocycles. The molecule has 0 aliphatic carbocycles. The van der Waals surface area contributed by atoms with Crippen molar-refractivity contribution in [3.8, 4) is 17.6 Å². The molecule has 16 heteroatoms. The Labute approximate surface area is 381 Å². The zero-order valence-electron chi connectivity index (χ0n) is 36.5. The van der Waals surface area contributed by atoms with Crippen LogP contribution in [0.1, 0.15) is 52.4 Å². The van der Waals surface area contributed by atoms with E-state index in [4.69, 9.17) is 28.4 Å². The highest BCUT2D eigenvalue weighted by atomic mass is 16.6. The molecule has 6 atom stereocenters. The Hall–Kier alpha value is -7.32. The molecule has 342 valence electrons. The molecule has 1 spiro atoms. The van der Waals surface area contributed by atoms with Gasteiger partial charge in [-0.05, 0) is 52.6 Å². The molecule has 0 bridgehead atoms. The summed E-state index contributed by atoms with van der Waals surface area (Å²) >= 11 is 0. The summed E-state index contributed by atoms with van der Waals surface area (Å²) in [5.74, 6) is -0.770. The van der Waals surface area contributed by atoms with Crippen LogP contribution in [0.15, 0.2) is 116 Å². The summed E-state index contributed by atoms with van der Waals surface area (Å²) in [6.07, 6.45) is -0.844. The lowest BCUT2D eigenvalue weighted by molar-refractivity contribution is -0.178. The average Bonchev–Trinajstić information content (AvgIpc) is 3.80. The maximum Gasteiger partial charge on any atom is 0.421 e. The van der Waals surface area contributed by atoms with E-state index >= 15 is 14.4 Å². The Kier molecular flexibility index (Phi) is 14.6. The second kappa shape index (κ2) is 20.7. The molecule has 3 aliphatic rings. The highest BCUT2D eigenvalue weighted by Crippen LogP contribution is 2.66. The van der Waals surface area contributed by atoms with Crippen LogP contribution in [0.25, 0.3) is 0 Å². The SMILES string of the molecule is C=CCNC(=O)C1C2C(=O)OC(c3ccccc3)C(c3ccccc3)N2C(c2ccc(OCCO)cc2)C12C(=O)N(C(=O)OCCOC)c1ccc(C#CCC(C(=O)OC)C(=O)OC)cc12. The fourth-order valence-electron chi connectivity index (χ4n) is 9.24. The molecule has 66 heavy (non-hydrogen) atoms. The van der Waals surface area contributed by atoms with Crippen molar-refractivity contribution in [1.29, 1.82) is 0 Å². The number of carbonyl (C=O) groups is 6. The third-order valence-corrected chi connectivity index (χ3v) is 11.9. The largest absolute Gasteiger partial charge is 0.491 e. The van der Waals surface area contributed by atoms with E-state index in [9.17, 15) is 19.5 Å². The highest BCUT2D eigenvalue weighted by Gasteiger charge is 2.75. The van der Waals surface area contributed by atoms with Gasteiger partial charge in [0.05, 0.1) is 51.1 Å². The van der Waals surface area contributed by atoms with Gasteiger partial charge in [-0.1, -0.05) is 90.7 Å². The van der Waals surface area contributed by atoms with Crippen LogP contribution in [0.4, 0.5) is 10.5 Å². The van der Waals surface area contributed by atoms with Crippen molar-refractivity contribution >= 4 is 41.5 Å². The lowest BCUT2D eigenvalue weighted by Gasteiger charge is -2.46. The van der Waals surface area contributed by atoms with E-state index in [1.165, 1.54) is 19.3 Å². The van der Waals surface area contributed by atoms with Gasteiger partial charge in [0.15, 0.2) is 5.92 Å². The number of aliphatic hydroxyl groups is 1. The Bertz CT molecular complexity index is 2510. The standard InChI is InChI=1S/C50H49N3O13/c1-5-25-51-44(55)39-41-47(58)66-42(33-16-10-7-11-17-33)40(32-14-8-6-9-15-32)53(41)43(34-20-22-35(23-21-34)64-27-26-54)50(39)37-30-31(13-12-18-36(45(56)62-3)46(57)63-4)19-24-38(37)52(48(50)59)49(60)65-29-28-61-2/h5-11,14-17,19-24,30,36,39-43,54H,1,18,25-29H2,2-4H3,(H,51,55).